The second-order valence-electron chi connectivity index (χ2n) is 4.75. The molecule has 17 heavy (non-hydrogen) atoms. The molecule has 1 atom stereocenters. The van der Waals surface area contributed by atoms with Gasteiger partial charge < -0.3 is 4.90 Å². The Labute approximate surface area is 107 Å². The van der Waals surface area contributed by atoms with Crippen LogP contribution in [0.3, 0.4) is 0 Å². The van der Waals surface area contributed by atoms with Crippen molar-refractivity contribution < 1.29 is 0 Å². The number of thioether (sulfide) groups is 1. The van der Waals surface area contributed by atoms with Crippen LogP contribution in [0.25, 0.3) is 0 Å². The third-order valence-electron chi connectivity index (χ3n) is 2.83. The molecular weight excluding hydrogens is 232 g/mol. The van der Waals surface area contributed by atoms with E-state index in [0.717, 1.165) is 25.4 Å². The largest absolute Gasteiger partial charge is 0.349 e. The van der Waals surface area contributed by atoms with Crippen molar-refractivity contribution in [3.05, 3.63) is 11.8 Å². The Morgan fingerprint density at radius 2 is 2.47 bits per heavy atom. The van der Waals surface area contributed by atoms with E-state index in [1.165, 1.54) is 5.70 Å². The van der Waals surface area contributed by atoms with Gasteiger partial charge in [0.1, 0.15) is 0 Å². The third-order valence-corrected chi connectivity index (χ3v) is 4.06. The van der Waals surface area contributed by atoms with E-state index in [1.807, 2.05) is 20.1 Å². The quantitative estimate of drug-likeness (QED) is 0.594. The highest BCUT2D eigenvalue weighted by molar-refractivity contribution is 8.00. The molecule has 0 radical (unpaired) electrons. The van der Waals surface area contributed by atoms with Gasteiger partial charge in [-0.25, -0.2) is 0 Å². The number of nitrogens with zero attached hydrogens (tertiary/aromatic N) is 3. The average molecular weight is 250 g/mol. The predicted molar refractivity (Wildman–Crippen MR) is 71.8 cm³/mol. The number of dihydropyridines is 1. The van der Waals surface area contributed by atoms with Gasteiger partial charge in [0.15, 0.2) is 0 Å². The number of hydrogen-bond donors (Lipinski definition) is 1. The van der Waals surface area contributed by atoms with E-state index in [9.17, 15) is 0 Å². The van der Waals surface area contributed by atoms with Crippen molar-refractivity contribution in [1.29, 1.82) is 5.26 Å². The molecule has 1 fully saturated rings. The van der Waals surface area contributed by atoms with Crippen LogP contribution in [0.4, 0.5) is 0 Å². The number of hydrogen-bond acceptors (Lipinski definition) is 5. The first kappa shape index (κ1) is 12.5. The van der Waals surface area contributed by atoms with Crippen molar-refractivity contribution in [2.45, 2.75) is 31.2 Å². The highest BCUT2D eigenvalue weighted by atomic mass is 32.2. The van der Waals surface area contributed by atoms with Gasteiger partial charge in [-0.15, -0.1) is 11.8 Å². The van der Waals surface area contributed by atoms with E-state index in [-0.39, 0.29) is 4.75 Å². The van der Waals surface area contributed by atoms with Crippen LogP contribution in [-0.4, -0.2) is 41.0 Å². The van der Waals surface area contributed by atoms with Gasteiger partial charge in [-0.3, -0.25) is 10.3 Å². The zero-order valence-electron chi connectivity index (χ0n) is 10.3. The summed E-state index contributed by atoms with van der Waals surface area (Å²) in [6.07, 6.45) is 5.43. The molecule has 0 aromatic carbocycles. The molecule has 0 bridgehead atoms. The van der Waals surface area contributed by atoms with E-state index >= 15 is 0 Å². The average Bonchev–Trinajstić information content (AvgIpc) is 3.15. The molecule has 0 aliphatic carbocycles. The van der Waals surface area contributed by atoms with Gasteiger partial charge in [0.25, 0.3) is 0 Å². The van der Waals surface area contributed by atoms with Crippen molar-refractivity contribution in [2.75, 3.05) is 19.0 Å². The molecule has 2 heterocycles. The molecule has 0 spiro atoms. The third kappa shape index (κ3) is 3.48. The number of rotatable bonds is 5. The first-order valence-corrected chi connectivity index (χ1v) is 6.85. The van der Waals surface area contributed by atoms with Crippen LogP contribution in [-0.2, 0) is 0 Å². The molecule has 4 nitrogen and oxygen atoms in total. The van der Waals surface area contributed by atoms with Gasteiger partial charge >= 0.3 is 0 Å². The zero-order chi connectivity index (χ0) is 12.3. The topological polar surface area (TPSA) is 61.3 Å². The van der Waals surface area contributed by atoms with Crippen molar-refractivity contribution in [3.8, 4) is 6.07 Å². The maximum atomic E-state index is 9.03. The van der Waals surface area contributed by atoms with Crippen LogP contribution in [0, 0.1) is 11.3 Å². The van der Waals surface area contributed by atoms with E-state index in [4.69, 9.17) is 5.26 Å². The lowest BCUT2D eigenvalue weighted by Crippen LogP contribution is -2.31. The van der Waals surface area contributed by atoms with Crippen LogP contribution in [0.15, 0.2) is 16.8 Å². The Morgan fingerprint density at radius 3 is 3.00 bits per heavy atom. The second kappa shape index (κ2) is 5.11. The SMILES string of the molecule is CC(C)(C#N)SCN(C1=CC=NCC1)C1CN1. The summed E-state index contributed by atoms with van der Waals surface area (Å²) in [4.78, 5) is 6.56. The first-order valence-electron chi connectivity index (χ1n) is 5.86. The molecule has 2 aliphatic rings. The molecule has 5 heteroatoms. The molecule has 0 aromatic heterocycles. The first-order chi connectivity index (χ1) is 8.12. The number of aliphatic imine (C=N–C) groups is 1. The van der Waals surface area contributed by atoms with E-state index in [0.29, 0.717) is 6.17 Å². The minimum Gasteiger partial charge on any atom is -0.349 e. The smallest absolute Gasteiger partial charge is 0.0985 e. The fourth-order valence-corrected chi connectivity index (χ4v) is 2.50. The summed E-state index contributed by atoms with van der Waals surface area (Å²) in [7, 11) is 0. The zero-order valence-corrected chi connectivity index (χ0v) is 11.1. The van der Waals surface area contributed by atoms with Crippen molar-refractivity contribution in [2.24, 2.45) is 4.99 Å². The summed E-state index contributed by atoms with van der Waals surface area (Å²) in [6.45, 7) is 5.85. The van der Waals surface area contributed by atoms with Crippen LogP contribution in [0.1, 0.15) is 20.3 Å². The molecule has 1 saturated heterocycles. The maximum absolute atomic E-state index is 9.03. The Hall–Kier alpha value is -0.990. The van der Waals surface area contributed by atoms with Gasteiger partial charge in [0, 0.05) is 31.4 Å². The Bertz CT molecular complexity index is 376. The van der Waals surface area contributed by atoms with E-state index < -0.39 is 0 Å². The molecule has 1 unspecified atom stereocenters. The van der Waals surface area contributed by atoms with Gasteiger partial charge in [0.2, 0.25) is 0 Å². The predicted octanol–water partition coefficient (Wildman–Crippen LogP) is 1.57. The Balaban J connectivity index is 1.96. The van der Waals surface area contributed by atoms with Crippen LogP contribution < -0.4 is 5.32 Å². The van der Waals surface area contributed by atoms with Crippen molar-refractivity contribution >= 4 is 18.0 Å². The lowest BCUT2D eigenvalue weighted by atomic mass is 10.2. The molecule has 0 saturated carbocycles. The van der Waals surface area contributed by atoms with Gasteiger partial charge in [-0.1, -0.05) is 0 Å². The lowest BCUT2D eigenvalue weighted by molar-refractivity contribution is 0.372. The normalized spacial score (nSPS) is 22.9. The standard InChI is InChI=1S/C12H18N4S/c1-12(2,8-13)17-9-16(11-7-15-11)10-3-5-14-6-4-10/h3,5,11,15H,4,6-7,9H2,1-2H3. The lowest BCUT2D eigenvalue weighted by Gasteiger charge is -2.29. The van der Waals surface area contributed by atoms with Crippen molar-refractivity contribution in [3.63, 3.8) is 0 Å². The highest BCUT2D eigenvalue weighted by Crippen LogP contribution is 2.28. The minimum absolute atomic E-state index is 0.323. The van der Waals surface area contributed by atoms with Gasteiger partial charge in [-0.05, 0) is 19.9 Å². The summed E-state index contributed by atoms with van der Waals surface area (Å²) in [6, 6.07) is 2.33. The number of allylic oxidation sites excluding steroid dienone is 1. The highest BCUT2D eigenvalue weighted by Gasteiger charge is 2.31. The van der Waals surface area contributed by atoms with Gasteiger partial charge in [0.05, 0.1) is 22.9 Å². The summed E-state index contributed by atoms with van der Waals surface area (Å²) in [5.41, 5.74) is 1.33. The van der Waals surface area contributed by atoms with Gasteiger partial charge in [-0.2, -0.15) is 5.26 Å². The van der Waals surface area contributed by atoms with Crippen LogP contribution >= 0.6 is 11.8 Å². The fourth-order valence-electron chi connectivity index (χ4n) is 1.62. The monoisotopic (exact) mass is 250 g/mol. The van der Waals surface area contributed by atoms with E-state index in [2.05, 4.69) is 27.4 Å². The van der Waals surface area contributed by atoms with Crippen LogP contribution in [0.2, 0.25) is 0 Å². The Morgan fingerprint density at radius 1 is 1.71 bits per heavy atom. The summed E-state index contributed by atoms with van der Waals surface area (Å²) >= 11 is 1.69. The van der Waals surface area contributed by atoms with Crippen molar-refractivity contribution in [1.82, 2.24) is 10.2 Å². The number of nitriles is 1. The molecule has 0 aromatic rings. The molecule has 2 aliphatic heterocycles. The fraction of sp³-hybridized carbons (Fsp3) is 0.667. The van der Waals surface area contributed by atoms with Crippen LogP contribution in [0.5, 0.6) is 0 Å². The summed E-state index contributed by atoms with van der Waals surface area (Å²) in [5, 5.41) is 12.4. The molecular formula is C12H18N4S. The summed E-state index contributed by atoms with van der Waals surface area (Å²) < 4.78 is -0.323. The molecule has 92 valence electrons. The maximum Gasteiger partial charge on any atom is 0.0985 e. The Kier molecular flexibility index (Phi) is 3.75. The molecule has 1 N–H and O–H groups in total. The number of nitrogens with one attached hydrogen (secondary N) is 1. The minimum atomic E-state index is -0.323. The van der Waals surface area contributed by atoms with E-state index in [1.54, 1.807) is 11.8 Å². The second-order valence-corrected chi connectivity index (χ2v) is 6.32. The summed E-state index contributed by atoms with van der Waals surface area (Å²) in [5.74, 6) is 0.859. The molecule has 2 rings (SSSR count). The molecule has 0 amide bonds.